The van der Waals surface area contributed by atoms with Crippen LogP contribution in [0.1, 0.15) is 22.4 Å². The van der Waals surface area contributed by atoms with Crippen LogP contribution >= 0.6 is 12.4 Å². The van der Waals surface area contributed by atoms with E-state index in [0.717, 1.165) is 42.7 Å². The Balaban J connectivity index is 0.00000192. The van der Waals surface area contributed by atoms with Crippen molar-refractivity contribution in [3.05, 3.63) is 64.8 Å². The number of hydrogen-bond donors (Lipinski definition) is 2. The van der Waals surface area contributed by atoms with Crippen molar-refractivity contribution in [3.8, 4) is 0 Å². The summed E-state index contributed by atoms with van der Waals surface area (Å²) in [5.74, 6) is 0.0102. The molecule has 0 aliphatic carbocycles. The molecule has 0 radical (unpaired) electrons. The molecule has 1 amide bonds. The molecule has 2 aliphatic rings. The number of nitrogens with one attached hydrogen (secondary N) is 2. The summed E-state index contributed by atoms with van der Waals surface area (Å²) in [5.41, 5.74) is 6.97. The third-order valence-electron chi connectivity index (χ3n) is 5.64. The topological polar surface area (TPSA) is 55.3 Å². The van der Waals surface area contributed by atoms with Gasteiger partial charge in [0.15, 0.2) is 0 Å². The number of carbonyl (C=O) groups is 1. The molecular weight excluding hydrogens is 374 g/mol. The van der Waals surface area contributed by atoms with Crippen molar-refractivity contribution in [2.45, 2.75) is 32.6 Å². The molecule has 146 valence electrons. The van der Waals surface area contributed by atoms with Crippen molar-refractivity contribution in [2.75, 3.05) is 18.4 Å². The van der Waals surface area contributed by atoms with Gasteiger partial charge in [-0.25, -0.2) is 0 Å². The molecule has 0 unspecified atom stereocenters. The zero-order chi connectivity index (χ0) is 18.2. The third-order valence-corrected chi connectivity index (χ3v) is 5.64. The summed E-state index contributed by atoms with van der Waals surface area (Å²) in [6.07, 6.45) is 1.96. The fraction of sp³-hybridized carbons (Fsp3) is 0.318. The molecule has 2 aromatic carbocycles. The Kier molecular flexibility index (Phi) is 5.40. The van der Waals surface area contributed by atoms with Gasteiger partial charge in [-0.05, 0) is 36.2 Å². The van der Waals surface area contributed by atoms with Gasteiger partial charge >= 0.3 is 0 Å². The highest BCUT2D eigenvalue weighted by Gasteiger charge is 2.21. The van der Waals surface area contributed by atoms with Gasteiger partial charge in [0.1, 0.15) is 6.54 Å². The first-order valence-corrected chi connectivity index (χ1v) is 9.59. The zero-order valence-corrected chi connectivity index (χ0v) is 16.5. The van der Waals surface area contributed by atoms with Crippen LogP contribution in [0.2, 0.25) is 0 Å². The van der Waals surface area contributed by atoms with Gasteiger partial charge < -0.3 is 19.9 Å². The summed E-state index contributed by atoms with van der Waals surface area (Å²) in [6, 6.07) is 14.4. The van der Waals surface area contributed by atoms with Crippen molar-refractivity contribution >= 4 is 34.9 Å². The van der Waals surface area contributed by atoms with Gasteiger partial charge in [0.2, 0.25) is 5.91 Å². The summed E-state index contributed by atoms with van der Waals surface area (Å²) in [5, 5.41) is 7.85. The number of rotatable bonds is 3. The third kappa shape index (κ3) is 3.30. The molecule has 3 aromatic rings. The van der Waals surface area contributed by atoms with Crippen LogP contribution < -0.4 is 10.6 Å². The van der Waals surface area contributed by atoms with Crippen molar-refractivity contribution < 1.29 is 9.53 Å². The molecule has 0 saturated carbocycles. The van der Waals surface area contributed by atoms with Crippen LogP contribution in [0, 0.1) is 0 Å². The highest BCUT2D eigenvalue weighted by Crippen LogP contribution is 2.29. The monoisotopic (exact) mass is 397 g/mol. The number of para-hydroxylation sites is 1. The summed E-state index contributed by atoms with van der Waals surface area (Å²) in [6.45, 7) is 3.47. The van der Waals surface area contributed by atoms with Crippen LogP contribution in [-0.4, -0.2) is 23.6 Å². The summed E-state index contributed by atoms with van der Waals surface area (Å²) < 4.78 is 7.73. The molecular formula is C22H24ClN3O2. The Morgan fingerprint density at radius 3 is 2.82 bits per heavy atom. The number of hydrogen-bond acceptors (Lipinski definition) is 3. The second-order valence-corrected chi connectivity index (χ2v) is 7.26. The number of nitrogens with zero attached hydrogens (tertiary/aromatic N) is 1. The van der Waals surface area contributed by atoms with Crippen LogP contribution in [0.25, 0.3) is 10.9 Å². The fourth-order valence-corrected chi connectivity index (χ4v) is 4.37. The van der Waals surface area contributed by atoms with Gasteiger partial charge in [0, 0.05) is 40.8 Å². The number of ether oxygens (including phenoxy) is 1. The van der Waals surface area contributed by atoms with E-state index in [-0.39, 0.29) is 18.3 Å². The Morgan fingerprint density at radius 1 is 1.04 bits per heavy atom. The minimum absolute atomic E-state index is 0. The molecule has 2 N–H and O–H groups in total. The summed E-state index contributed by atoms with van der Waals surface area (Å²) >= 11 is 0. The van der Waals surface area contributed by atoms with E-state index in [0.29, 0.717) is 19.8 Å². The first-order chi connectivity index (χ1) is 13.3. The normalized spacial score (nSPS) is 15.4. The molecule has 0 spiro atoms. The second kappa shape index (κ2) is 7.95. The minimum atomic E-state index is 0. The quantitative estimate of drug-likeness (QED) is 0.712. The number of anilines is 1. The van der Waals surface area contributed by atoms with E-state index in [1.54, 1.807) is 0 Å². The lowest BCUT2D eigenvalue weighted by Gasteiger charge is -2.13. The number of carbonyl (C=O) groups excluding carboxylic acids is 1. The number of amides is 1. The van der Waals surface area contributed by atoms with Crippen LogP contribution in [0.15, 0.2) is 42.5 Å². The molecule has 0 saturated heterocycles. The Bertz CT molecular complexity index is 1030. The van der Waals surface area contributed by atoms with E-state index < -0.39 is 0 Å². The molecule has 0 fully saturated rings. The van der Waals surface area contributed by atoms with E-state index in [2.05, 4.69) is 45.5 Å². The molecule has 28 heavy (non-hydrogen) atoms. The molecule has 6 heteroatoms. The van der Waals surface area contributed by atoms with Crippen molar-refractivity contribution in [1.29, 1.82) is 0 Å². The van der Waals surface area contributed by atoms with Crippen LogP contribution in [0.3, 0.4) is 0 Å². The van der Waals surface area contributed by atoms with Crippen LogP contribution in [-0.2, 0) is 42.1 Å². The van der Waals surface area contributed by atoms with Crippen molar-refractivity contribution in [3.63, 3.8) is 0 Å². The maximum Gasteiger partial charge on any atom is 0.244 e. The lowest BCUT2D eigenvalue weighted by atomic mass is 10.1. The maximum atomic E-state index is 12.9. The maximum absolute atomic E-state index is 12.9. The van der Waals surface area contributed by atoms with Gasteiger partial charge in [-0.15, -0.1) is 12.4 Å². The molecule has 3 heterocycles. The fourth-order valence-electron chi connectivity index (χ4n) is 4.37. The van der Waals surface area contributed by atoms with Crippen LogP contribution in [0.4, 0.5) is 5.69 Å². The SMILES string of the molecule is Cl.O=C(Cn1c2c(c3ccccc31)CCNCC2)Nc1cccc2c1COC2. The smallest absolute Gasteiger partial charge is 0.244 e. The number of aromatic nitrogens is 1. The first kappa shape index (κ1) is 19.0. The molecule has 0 atom stereocenters. The van der Waals surface area contributed by atoms with Crippen LogP contribution in [0.5, 0.6) is 0 Å². The van der Waals surface area contributed by atoms with Crippen molar-refractivity contribution in [2.24, 2.45) is 0 Å². The van der Waals surface area contributed by atoms with Gasteiger partial charge in [0.05, 0.1) is 13.2 Å². The number of fused-ring (bicyclic) bond motifs is 4. The zero-order valence-electron chi connectivity index (χ0n) is 15.7. The standard InChI is InChI=1S/C22H23N3O2.ClH/c26-22(24-19-6-3-4-15-13-27-14-18(15)19)12-25-20-7-2-1-5-16(20)17-8-10-23-11-9-21(17)25;/h1-7,23H,8-14H2,(H,24,26);1H. The second-order valence-electron chi connectivity index (χ2n) is 7.26. The molecule has 5 nitrogen and oxygen atoms in total. The molecule has 5 rings (SSSR count). The lowest BCUT2D eigenvalue weighted by molar-refractivity contribution is -0.116. The highest BCUT2D eigenvalue weighted by atomic mass is 35.5. The highest BCUT2D eigenvalue weighted by molar-refractivity contribution is 5.94. The molecule has 2 aliphatic heterocycles. The Labute approximate surface area is 170 Å². The molecule has 0 bridgehead atoms. The van der Waals surface area contributed by atoms with E-state index in [1.165, 1.54) is 22.2 Å². The number of benzene rings is 2. The lowest BCUT2D eigenvalue weighted by Crippen LogP contribution is -2.22. The summed E-state index contributed by atoms with van der Waals surface area (Å²) in [4.78, 5) is 12.9. The summed E-state index contributed by atoms with van der Waals surface area (Å²) in [7, 11) is 0. The Morgan fingerprint density at radius 2 is 1.89 bits per heavy atom. The van der Waals surface area contributed by atoms with Gasteiger partial charge in [-0.1, -0.05) is 30.3 Å². The van der Waals surface area contributed by atoms with Gasteiger partial charge in [-0.3, -0.25) is 4.79 Å². The van der Waals surface area contributed by atoms with Gasteiger partial charge in [0.25, 0.3) is 0 Å². The van der Waals surface area contributed by atoms with E-state index in [9.17, 15) is 4.79 Å². The largest absolute Gasteiger partial charge is 0.372 e. The predicted octanol–water partition coefficient (Wildman–Crippen LogP) is 3.42. The number of halogens is 1. The molecule has 1 aromatic heterocycles. The average Bonchev–Trinajstić information content (AvgIpc) is 3.18. The van der Waals surface area contributed by atoms with E-state index >= 15 is 0 Å². The van der Waals surface area contributed by atoms with Gasteiger partial charge in [-0.2, -0.15) is 0 Å². The average molecular weight is 398 g/mol. The van der Waals surface area contributed by atoms with Crippen molar-refractivity contribution in [1.82, 2.24) is 9.88 Å². The Hall–Kier alpha value is -2.34. The predicted molar refractivity (Wildman–Crippen MR) is 113 cm³/mol. The minimum Gasteiger partial charge on any atom is -0.372 e. The first-order valence-electron chi connectivity index (χ1n) is 9.59. The van der Waals surface area contributed by atoms with E-state index in [4.69, 9.17) is 4.74 Å². The van der Waals surface area contributed by atoms with E-state index in [1.807, 2.05) is 12.1 Å².